The van der Waals surface area contributed by atoms with Crippen LogP contribution in [0.3, 0.4) is 0 Å². The number of halogens is 1. The van der Waals surface area contributed by atoms with Gasteiger partial charge in [-0.1, -0.05) is 41.9 Å². The largest absolute Gasteiger partial charge is 0.381 e. The third-order valence-electron chi connectivity index (χ3n) is 6.81. The zero-order valence-corrected chi connectivity index (χ0v) is 20.5. The van der Waals surface area contributed by atoms with Crippen molar-refractivity contribution in [3.05, 3.63) is 71.4 Å². The highest BCUT2D eigenvalue weighted by Gasteiger charge is 2.31. The fourth-order valence-corrected chi connectivity index (χ4v) is 5.04. The first-order valence-corrected chi connectivity index (χ1v) is 12.6. The van der Waals surface area contributed by atoms with E-state index < -0.39 is 0 Å². The molecule has 0 bridgehead atoms. The number of aromatic nitrogens is 2. The molecule has 35 heavy (non-hydrogen) atoms. The Bertz CT molecular complexity index is 1110. The van der Waals surface area contributed by atoms with Gasteiger partial charge in [0.15, 0.2) is 0 Å². The van der Waals surface area contributed by atoms with Crippen molar-refractivity contribution in [3.8, 4) is 16.9 Å². The molecule has 0 aliphatic carbocycles. The molecule has 2 fully saturated rings. The molecule has 8 heteroatoms. The number of para-hydroxylation sites is 1. The molecule has 1 aromatic heterocycles. The molecule has 2 atom stereocenters. The van der Waals surface area contributed by atoms with Gasteiger partial charge in [-0.3, -0.25) is 9.69 Å². The number of morpholine rings is 1. The van der Waals surface area contributed by atoms with E-state index in [1.807, 2.05) is 65.5 Å². The fraction of sp³-hybridized carbons (Fsp3) is 0.407. The summed E-state index contributed by atoms with van der Waals surface area (Å²) in [5.74, 6) is 0.420. The minimum absolute atomic E-state index is 0.00926. The van der Waals surface area contributed by atoms with Crippen LogP contribution in [0.25, 0.3) is 16.9 Å². The number of nitrogens with zero attached hydrogens (tertiary/aromatic N) is 3. The lowest BCUT2D eigenvalue weighted by atomic mass is 9.96. The summed E-state index contributed by atoms with van der Waals surface area (Å²) in [6.07, 6.45) is 3.23. The summed E-state index contributed by atoms with van der Waals surface area (Å²) in [4.78, 5) is 15.6. The average Bonchev–Trinajstić information content (AvgIpc) is 3.57. The molecule has 2 unspecified atom stereocenters. The van der Waals surface area contributed by atoms with E-state index in [0.29, 0.717) is 17.5 Å². The molecule has 0 radical (unpaired) electrons. The van der Waals surface area contributed by atoms with Crippen LogP contribution in [0, 0.1) is 5.92 Å². The summed E-state index contributed by atoms with van der Waals surface area (Å²) < 4.78 is 13.0. The maximum atomic E-state index is 13.2. The Balaban J connectivity index is 1.32. The Morgan fingerprint density at radius 3 is 2.54 bits per heavy atom. The van der Waals surface area contributed by atoms with Crippen molar-refractivity contribution in [1.29, 1.82) is 0 Å². The third kappa shape index (κ3) is 5.93. The van der Waals surface area contributed by atoms with Crippen LogP contribution in [0.1, 0.15) is 12.0 Å². The van der Waals surface area contributed by atoms with Gasteiger partial charge in [-0.2, -0.15) is 5.10 Å². The van der Waals surface area contributed by atoms with Gasteiger partial charge in [0.25, 0.3) is 0 Å². The summed E-state index contributed by atoms with van der Waals surface area (Å²) >= 11 is 6.10. The molecule has 5 rings (SSSR count). The summed E-state index contributed by atoms with van der Waals surface area (Å²) in [6, 6.07) is 17.8. The van der Waals surface area contributed by atoms with Crippen molar-refractivity contribution in [1.82, 2.24) is 20.0 Å². The second-order valence-electron chi connectivity index (χ2n) is 9.11. The van der Waals surface area contributed by atoms with E-state index in [1.54, 1.807) is 0 Å². The lowest BCUT2D eigenvalue weighted by Crippen LogP contribution is -2.52. The highest BCUT2D eigenvalue weighted by atomic mass is 35.5. The van der Waals surface area contributed by atoms with E-state index in [1.165, 1.54) is 0 Å². The quantitative estimate of drug-likeness (QED) is 0.518. The molecule has 3 heterocycles. The predicted molar refractivity (Wildman–Crippen MR) is 136 cm³/mol. The van der Waals surface area contributed by atoms with Crippen molar-refractivity contribution in [2.75, 3.05) is 46.1 Å². The first-order valence-electron chi connectivity index (χ1n) is 12.2. The third-order valence-corrected chi connectivity index (χ3v) is 7.06. The number of rotatable bonds is 8. The first kappa shape index (κ1) is 24.0. The van der Waals surface area contributed by atoms with E-state index in [4.69, 9.17) is 26.2 Å². The van der Waals surface area contributed by atoms with Crippen LogP contribution < -0.4 is 5.32 Å². The Labute approximate surface area is 211 Å². The highest BCUT2D eigenvalue weighted by molar-refractivity contribution is 6.30. The topological polar surface area (TPSA) is 68.6 Å². The van der Waals surface area contributed by atoms with Crippen LogP contribution in [-0.2, 0) is 20.7 Å². The van der Waals surface area contributed by atoms with Gasteiger partial charge in [-0.15, -0.1) is 0 Å². The van der Waals surface area contributed by atoms with E-state index in [0.717, 1.165) is 68.4 Å². The van der Waals surface area contributed by atoms with E-state index in [9.17, 15) is 4.79 Å². The van der Waals surface area contributed by atoms with Gasteiger partial charge in [0.1, 0.15) is 0 Å². The molecule has 184 valence electrons. The number of nitrogens with one attached hydrogen (secondary N) is 1. The van der Waals surface area contributed by atoms with Crippen LogP contribution in [0.4, 0.5) is 0 Å². The van der Waals surface area contributed by atoms with Crippen molar-refractivity contribution < 1.29 is 14.3 Å². The maximum Gasteiger partial charge on any atom is 0.224 e. The van der Waals surface area contributed by atoms with Crippen LogP contribution in [0.5, 0.6) is 0 Å². The Hall–Kier alpha value is -2.71. The maximum absolute atomic E-state index is 13.2. The van der Waals surface area contributed by atoms with E-state index in [2.05, 4.69) is 10.2 Å². The molecular formula is C27H31ClN4O3. The van der Waals surface area contributed by atoms with Gasteiger partial charge in [-0.05, 0) is 30.7 Å². The summed E-state index contributed by atoms with van der Waals surface area (Å²) in [6.45, 7) is 5.41. The van der Waals surface area contributed by atoms with Crippen LogP contribution in [0.2, 0.25) is 5.02 Å². The Morgan fingerprint density at radius 2 is 1.83 bits per heavy atom. The molecule has 0 saturated carbocycles. The predicted octanol–water partition coefficient (Wildman–Crippen LogP) is 3.59. The van der Waals surface area contributed by atoms with Gasteiger partial charge >= 0.3 is 0 Å². The van der Waals surface area contributed by atoms with Gasteiger partial charge < -0.3 is 14.8 Å². The van der Waals surface area contributed by atoms with Gasteiger partial charge in [0.05, 0.1) is 37.6 Å². The summed E-state index contributed by atoms with van der Waals surface area (Å²) in [5, 5.41) is 8.69. The van der Waals surface area contributed by atoms with Crippen molar-refractivity contribution in [2.24, 2.45) is 5.92 Å². The second kappa shape index (κ2) is 11.4. The normalized spacial score (nSPS) is 19.5. The van der Waals surface area contributed by atoms with Gasteiger partial charge in [0.2, 0.25) is 5.91 Å². The smallest absolute Gasteiger partial charge is 0.224 e. The molecule has 7 nitrogen and oxygen atoms in total. The molecule has 1 N–H and O–H groups in total. The Morgan fingerprint density at radius 1 is 1.06 bits per heavy atom. The minimum atomic E-state index is -0.00926. The zero-order valence-electron chi connectivity index (χ0n) is 19.7. The van der Waals surface area contributed by atoms with Crippen molar-refractivity contribution in [2.45, 2.75) is 18.9 Å². The van der Waals surface area contributed by atoms with Crippen molar-refractivity contribution in [3.63, 3.8) is 0 Å². The SMILES string of the molecule is O=C(Cc1cn(-c2ccccc2)nc1-c1ccc(Cl)cc1)NCC(C1CCOC1)N1CCOCC1. The lowest BCUT2D eigenvalue weighted by Gasteiger charge is -2.37. The molecule has 2 saturated heterocycles. The second-order valence-corrected chi connectivity index (χ2v) is 9.55. The average molecular weight is 495 g/mol. The number of ether oxygens (including phenoxy) is 2. The molecule has 2 aromatic carbocycles. The zero-order chi connectivity index (χ0) is 24.0. The van der Waals surface area contributed by atoms with E-state index >= 15 is 0 Å². The molecule has 2 aliphatic rings. The molecular weight excluding hydrogens is 464 g/mol. The minimum Gasteiger partial charge on any atom is -0.381 e. The van der Waals surface area contributed by atoms with E-state index in [-0.39, 0.29) is 18.4 Å². The van der Waals surface area contributed by atoms with Crippen LogP contribution in [-0.4, -0.2) is 72.7 Å². The number of amides is 1. The fourth-order valence-electron chi connectivity index (χ4n) is 4.92. The van der Waals surface area contributed by atoms with Crippen LogP contribution in [0.15, 0.2) is 60.8 Å². The number of hydrogen-bond donors (Lipinski definition) is 1. The number of carbonyl (C=O) groups excluding carboxylic acids is 1. The lowest BCUT2D eigenvalue weighted by molar-refractivity contribution is -0.120. The standard InChI is InChI=1S/C27H31ClN4O3/c28-23-8-6-20(7-9-23)27-22(18-32(30-27)24-4-2-1-3-5-24)16-26(33)29-17-25(21-10-13-35-19-21)31-11-14-34-15-12-31/h1-9,18,21,25H,10-17,19H2,(H,29,33). The van der Waals surface area contributed by atoms with Gasteiger partial charge in [0, 0.05) is 60.5 Å². The van der Waals surface area contributed by atoms with Gasteiger partial charge in [-0.25, -0.2) is 4.68 Å². The monoisotopic (exact) mass is 494 g/mol. The highest BCUT2D eigenvalue weighted by Crippen LogP contribution is 2.26. The number of benzene rings is 2. The summed E-state index contributed by atoms with van der Waals surface area (Å²) in [7, 11) is 0. The number of hydrogen-bond acceptors (Lipinski definition) is 5. The molecule has 3 aromatic rings. The molecule has 0 spiro atoms. The molecule has 2 aliphatic heterocycles. The summed E-state index contributed by atoms with van der Waals surface area (Å²) in [5.41, 5.74) is 3.54. The Kier molecular flexibility index (Phi) is 7.79. The first-order chi connectivity index (χ1) is 17.2. The number of carbonyl (C=O) groups is 1. The molecule has 1 amide bonds. The van der Waals surface area contributed by atoms with Crippen molar-refractivity contribution >= 4 is 17.5 Å². The van der Waals surface area contributed by atoms with Crippen LogP contribution >= 0.6 is 11.6 Å².